The van der Waals surface area contributed by atoms with Crippen LogP contribution in [-0.2, 0) is 0 Å². The lowest BCUT2D eigenvalue weighted by atomic mass is 10.1. The zero-order valence-corrected chi connectivity index (χ0v) is 16.5. The first-order valence-corrected chi connectivity index (χ1v) is 9.40. The van der Waals surface area contributed by atoms with E-state index in [1.165, 1.54) is 5.56 Å². The van der Waals surface area contributed by atoms with Gasteiger partial charge in [0.1, 0.15) is 0 Å². The monoisotopic (exact) mass is 387 g/mol. The minimum Gasteiger partial charge on any atom is -0.368 e. The van der Waals surface area contributed by atoms with Crippen molar-refractivity contribution in [3.63, 3.8) is 0 Å². The van der Waals surface area contributed by atoms with E-state index in [0.29, 0.717) is 10.7 Å². The highest BCUT2D eigenvalue weighted by Gasteiger charge is 2.21. The Morgan fingerprint density at radius 2 is 1.69 bits per heavy atom. The summed E-state index contributed by atoms with van der Waals surface area (Å²) in [5, 5.41) is 4.07. The predicted molar refractivity (Wildman–Crippen MR) is 111 cm³/mol. The lowest BCUT2D eigenvalue weighted by Crippen LogP contribution is -2.52. The van der Waals surface area contributed by atoms with E-state index >= 15 is 0 Å². The van der Waals surface area contributed by atoms with E-state index in [1.54, 1.807) is 0 Å². The molecule has 1 fully saturated rings. The number of carbonyl (C=O) groups is 1. The van der Waals surface area contributed by atoms with E-state index in [9.17, 15) is 4.79 Å². The molecule has 26 heavy (non-hydrogen) atoms. The second-order valence-electron chi connectivity index (χ2n) is 6.53. The molecule has 2 aromatic carbocycles. The van der Waals surface area contributed by atoms with Crippen LogP contribution in [0.1, 0.15) is 21.5 Å². The van der Waals surface area contributed by atoms with Crippen LogP contribution < -0.4 is 10.2 Å². The zero-order chi connectivity index (χ0) is 18.7. The van der Waals surface area contributed by atoms with Gasteiger partial charge in [0.25, 0.3) is 5.91 Å². The molecule has 1 amide bonds. The number of thiocarbonyl (C=S) groups is 1. The topological polar surface area (TPSA) is 35.6 Å². The van der Waals surface area contributed by atoms with Crippen molar-refractivity contribution in [2.45, 2.75) is 13.8 Å². The lowest BCUT2D eigenvalue weighted by molar-refractivity contribution is 0.0973. The molecule has 2 aromatic rings. The normalized spacial score (nSPS) is 14.3. The molecule has 6 heteroatoms. The number of piperazine rings is 1. The second kappa shape index (κ2) is 8.06. The number of carbonyl (C=O) groups excluding carboxylic acids is 1. The van der Waals surface area contributed by atoms with Crippen LogP contribution in [0.2, 0.25) is 5.02 Å². The molecule has 0 radical (unpaired) electrons. The summed E-state index contributed by atoms with van der Waals surface area (Å²) in [6.45, 7) is 7.28. The first kappa shape index (κ1) is 18.7. The fourth-order valence-corrected chi connectivity index (χ4v) is 3.47. The molecule has 1 N–H and O–H groups in total. The van der Waals surface area contributed by atoms with Gasteiger partial charge in [-0.15, -0.1) is 0 Å². The van der Waals surface area contributed by atoms with Gasteiger partial charge in [-0.3, -0.25) is 10.1 Å². The highest BCUT2D eigenvalue weighted by atomic mass is 35.5. The average molecular weight is 388 g/mol. The van der Waals surface area contributed by atoms with Crippen LogP contribution in [0.25, 0.3) is 0 Å². The standard InChI is InChI=1S/C20H22ClN3OS/c1-14-3-6-16(7-4-14)19(25)22-20(26)24-11-9-23(10-12-24)18-13-17(21)8-5-15(18)2/h3-8,13H,9-12H2,1-2H3,(H,22,25,26). The Morgan fingerprint density at radius 1 is 1.04 bits per heavy atom. The Kier molecular flexibility index (Phi) is 5.79. The fraction of sp³-hybridized carbons (Fsp3) is 0.300. The summed E-state index contributed by atoms with van der Waals surface area (Å²) < 4.78 is 0. The second-order valence-corrected chi connectivity index (χ2v) is 7.35. The Labute approximate surface area is 164 Å². The number of nitrogens with zero attached hydrogens (tertiary/aromatic N) is 2. The van der Waals surface area contributed by atoms with Gasteiger partial charge in [0.2, 0.25) is 0 Å². The summed E-state index contributed by atoms with van der Waals surface area (Å²) in [6, 6.07) is 13.4. The molecule has 1 saturated heterocycles. The van der Waals surface area contributed by atoms with Crippen LogP contribution in [0, 0.1) is 13.8 Å². The molecule has 1 heterocycles. The van der Waals surface area contributed by atoms with Gasteiger partial charge in [-0.2, -0.15) is 0 Å². The lowest BCUT2D eigenvalue weighted by Gasteiger charge is -2.38. The number of amides is 1. The van der Waals surface area contributed by atoms with Crippen molar-refractivity contribution in [2.75, 3.05) is 31.1 Å². The fourth-order valence-electron chi connectivity index (χ4n) is 3.03. The largest absolute Gasteiger partial charge is 0.368 e. The molecule has 0 bridgehead atoms. The van der Waals surface area contributed by atoms with Gasteiger partial charge < -0.3 is 9.80 Å². The summed E-state index contributed by atoms with van der Waals surface area (Å²) in [7, 11) is 0. The summed E-state index contributed by atoms with van der Waals surface area (Å²) in [6.07, 6.45) is 0. The molecule has 0 aromatic heterocycles. The summed E-state index contributed by atoms with van der Waals surface area (Å²) >= 11 is 11.6. The number of anilines is 1. The number of halogens is 1. The van der Waals surface area contributed by atoms with Gasteiger partial charge in [-0.05, 0) is 55.9 Å². The van der Waals surface area contributed by atoms with Crippen LogP contribution in [0.15, 0.2) is 42.5 Å². The summed E-state index contributed by atoms with van der Waals surface area (Å²) in [5.74, 6) is -0.164. The molecular weight excluding hydrogens is 366 g/mol. The van der Waals surface area contributed by atoms with Crippen molar-refractivity contribution >= 4 is 40.5 Å². The number of nitrogens with one attached hydrogen (secondary N) is 1. The van der Waals surface area contributed by atoms with E-state index in [2.05, 4.69) is 17.1 Å². The van der Waals surface area contributed by atoms with Gasteiger partial charge in [-0.25, -0.2) is 0 Å². The number of aryl methyl sites for hydroxylation is 2. The average Bonchev–Trinajstić information content (AvgIpc) is 2.64. The third-order valence-electron chi connectivity index (χ3n) is 4.61. The maximum absolute atomic E-state index is 12.3. The molecule has 3 rings (SSSR count). The third-order valence-corrected chi connectivity index (χ3v) is 5.21. The Hall–Kier alpha value is -2.11. The molecule has 0 aliphatic carbocycles. The first-order valence-electron chi connectivity index (χ1n) is 8.62. The van der Waals surface area contributed by atoms with Gasteiger partial charge in [0.05, 0.1) is 0 Å². The van der Waals surface area contributed by atoms with Crippen molar-refractivity contribution in [3.05, 3.63) is 64.2 Å². The Bertz CT molecular complexity index is 814. The van der Waals surface area contributed by atoms with Crippen LogP contribution in [0.3, 0.4) is 0 Å². The number of hydrogen-bond acceptors (Lipinski definition) is 3. The highest BCUT2D eigenvalue weighted by molar-refractivity contribution is 7.80. The van der Waals surface area contributed by atoms with E-state index in [-0.39, 0.29) is 5.91 Å². The number of rotatable bonds is 2. The molecule has 0 atom stereocenters. The minimum atomic E-state index is -0.164. The molecule has 0 unspecified atom stereocenters. The highest BCUT2D eigenvalue weighted by Crippen LogP contribution is 2.25. The van der Waals surface area contributed by atoms with Crippen molar-refractivity contribution in [1.29, 1.82) is 0 Å². The van der Waals surface area contributed by atoms with Crippen LogP contribution in [0.4, 0.5) is 5.69 Å². The van der Waals surface area contributed by atoms with Crippen LogP contribution in [0.5, 0.6) is 0 Å². The van der Waals surface area contributed by atoms with E-state index < -0.39 is 0 Å². The molecule has 4 nitrogen and oxygen atoms in total. The van der Waals surface area contributed by atoms with Gasteiger partial charge in [0, 0.05) is 42.5 Å². The number of benzene rings is 2. The van der Waals surface area contributed by atoms with Crippen molar-refractivity contribution < 1.29 is 4.79 Å². The molecule has 1 aliphatic rings. The maximum atomic E-state index is 12.3. The molecule has 0 spiro atoms. The Morgan fingerprint density at radius 3 is 2.35 bits per heavy atom. The molecule has 1 aliphatic heterocycles. The summed E-state index contributed by atoms with van der Waals surface area (Å²) in [5.41, 5.74) is 4.10. The van der Waals surface area contributed by atoms with Gasteiger partial charge in [0.15, 0.2) is 5.11 Å². The maximum Gasteiger partial charge on any atom is 0.257 e. The van der Waals surface area contributed by atoms with Crippen LogP contribution in [-0.4, -0.2) is 42.1 Å². The SMILES string of the molecule is Cc1ccc(C(=O)NC(=S)N2CCN(c3cc(Cl)ccc3C)CC2)cc1. The van der Waals surface area contributed by atoms with Gasteiger partial charge >= 0.3 is 0 Å². The molecule has 0 saturated carbocycles. The smallest absolute Gasteiger partial charge is 0.257 e. The van der Waals surface area contributed by atoms with Gasteiger partial charge in [-0.1, -0.05) is 35.4 Å². The zero-order valence-electron chi connectivity index (χ0n) is 15.0. The summed E-state index contributed by atoms with van der Waals surface area (Å²) in [4.78, 5) is 16.7. The van der Waals surface area contributed by atoms with Crippen LogP contribution >= 0.6 is 23.8 Å². The first-order chi connectivity index (χ1) is 12.4. The molecular formula is C20H22ClN3OS. The van der Waals surface area contributed by atoms with E-state index in [4.69, 9.17) is 23.8 Å². The number of hydrogen-bond donors (Lipinski definition) is 1. The Balaban J connectivity index is 1.57. The van der Waals surface area contributed by atoms with Crippen molar-refractivity contribution in [3.8, 4) is 0 Å². The van der Waals surface area contributed by atoms with E-state index in [1.807, 2.05) is 54.3 Å². The quantitative estimate of drug-likeness (QED) is 0.795. The van der Waals surface area contributed by atoms with E-state index in [0.717, 1.165) is 42.5 Å². The van der Waals surface area contributed by atoms with Crippen molar-refractivity contribution in [1.82, 2.24) is 10.2 Å². The molecule has 136 valence electrons. The van der Waals surface area contributed by atoms with Crippen molar-refractivity contribution in [2.24, 2.45) is 0 Å². The minimum absolute atomic E-state index is 0.164. The third kappa shape index (κ3) is 4.34. The predicted octanol–water partition coefficient (Wildman–Crippen LogP) is 3.79.